The molecule has 122 valence electrons. The number of carbonyl (C=O) groups is 1. The van der Waals surface area contributed by atoms with E-state index in [2.05, 4.69) is 4.98 Å². The lowest BCUT2D eigenvalue weighted by molar-refractivity contribution is 0.0774. The second-order valence-corrected chi connectivity index (χ2v) is 6.02. The summed E-state index contributed by atoms with van der Waals surface area (Å²) in [7, 11) is 1.65. The van der Waals surface area contributed by atoms with E-state index in [9.17, 15) is 4.79 Å². The Labute approximate surface area is 137 Å². The molecule has 0 bridgehead atoms. The van der Waals surface area contributed by atoms with Crippen LogP contribution in [-0.4, -0.2) is 36.0 Å². The second kappa shape index (κ2) is 6.57. The Morgan fingerprint density at radius 2 is 1.96 bits per heavy atom. The smallest absolute Gasteiger partial charge is 0.256 e. The van der Waals surface area contributed by atoms with Crippen molar-refractivity contribution in [1.82, 2.24) is 9.88 Å². The zero-order chi connectivity index (χ0) is 16.4. The third-order valence-corrected chi connectivity index (χ3v) is 4.79. The molecule has 1 amide bonds. The number of pyridine rings is 1. The van der Waals surface area contributed by atoms with Gasteiger partial charge in [0.15, 0.2) is 0 Å². The highest BCUT2D eigenvalue weighted by molar-refractivity contribution is 6.07. The highest BCUT2D eigenvalue weighted by Gasteiger charge is 2.21. The number of benzene rings is 1. The van der Waals surface area contributed by atoms with Gasteiger partial charge in [-0.25, -0.2) is 0 Å². The molecule has 4 nitrogen and oxygen atoms in total. The summed E-state index contributed by atoms with van der Waals surface area (Å²) in [5, 5.41) is 1.08. The van der Waals surface area contributed by atoms with Gasteiger partial charge in [0.05, 0.1) is 18.2 Å². The lowest BCUT2D eigenvalue weighted by Gasteiger charge is -2.22. The quantitative estimate of drug-likeness (QED) is 0.866. The minimum absolute atomic E-state index is 0.0298. The molecule has 3 rings (SSSR count). The van der Waals surface area contributed by atoms with Gasteiger partial charge >= 0.3 is 0 Å². The maximum Gasteiger partial charge on any atom is 0.256 e. The molecule has 0 aliphatic heterocycles. The van der Waals surface area contributed by atoms with Crippen LogP contribution in [0.1, 0.15) is 48.2 Å². The van der Waals surface area contributed by atoms with Crippen LogP contribution in [0, 0.1) is 0 Å². The average molecular weight is 312 g/mol. The SMILES string of the molecule is CCN(CC)C(=O)c1cc(OC)cc2c3c(cnc12)CCCC3. The molecule has 23 heavy (non-hydrogen) atoms. The summed E-state index contributed by atoms with van der Waals surface area (Å²) in [5.41, 5.74) is 4.12. The van der Waals surface area contributed by atoms with Gasteiger partial charge in [0.2, 0.25) is 0 Å². The lowest BCUT2D eigenvalue weighted by Crippen LogP contribution is -2.30. The predicted molar refractivity (Wildman–Crippen MR) is 92.2 cm³/mol. The zero-order valence-corrected chi connectivity index (χ0v) is 14.2. The van der Waals surface area contributed by atoms with E-state index >= 15 is 0 Å². The fourth-order valence-corrected chi connectivity index (χ4v) is 3.46. The molecule has 1 aromatic carbocycles. The molecule has 0 spiro atoms. The molecule has 1 heterocycles. The number of aryl methyl sites for hydroxylation is 2. The molecule has 4 heteroatoms. The predicted octanol–water partition coefficient (Wildman–Crippen LogP) is 3.60. The topological polar surface area (TPSA) is 42.4 Å². The fourth-order valence-electron chi connectivity index (χ4n) is 3.46. The fraction of sp³-hybridized carbons (Fsp3) is 0.474. The molecule has 1 aromatic heterocycles. The van der Waals surface area contributed by atoms with Crippen LogP contribution in [0.5, 0.6) is 5.75 Å². The Balaban J connectivity index is 2.23. The molecule has 0 saturated carbocycles. The molecule has 2 aromatic rings. The van der Waals surface area contributed by atoms with Crippen molar-refractivity contribution >= 4 is 16.8 Å². The Bertz CT molecular complexity index is 736. The van der Waals surface area contributed by atoms with Gasteiger partial charge in [-0.15, -0.1) is 0 Å². The minimum atomic E-state index is 0.0298. The number of fused-ring (bicyclic) bond motifs is 3. The van der Waals surface area contributed by atoms with Crippen molar-refractivity contribution in [3.05, 3.63) is 35.0 Å². The number of methoxy groups -OCH3 is 1. The van der Waals surface area contributed by atoms with E-state index < -0.39 is 0 Å². The number of ether oxygens (including phenoxy) is 1. The second-order valence-electron chi connectivity index (χ2n) is 6.02. The van der Waals surface area contributed by atoms with Crippen molar-refractivity contribution in [3.8, 4) is 5.75 Å². The number of hydrogen-bond donors (Lipinski definition) is 0. The maximum absolute atomic E-state index is 12.9. The van der Waals surface area contributed by atoms with E-state index in [1.807, 2.05) is 37.1 Å². The number of amides is 1. The van der Waals surface area contributed by atoms with E-state index in [1.165, 1.54) is 24.0 Å². The van der Waals surface area contributed by atoms with E-state index in [1.54, 1.807) is 7.11 Å². The van der Waals surface area contributed by atoms with Gasteiger partial charge in [0.25, 0.3) is 5.91 Å². The Morgan fingerprint density at radius 3 is 2.65 bits per heavy atom. The van der Waals surface area contributed by atoms with Crippen molar-refractivity contribution in [1.29, 1.82) is 0 Å². The molecule has 0 N–H and O–H groups in total. The van der Waals surface area contributed by atoms with Crippen LogP contribution in [0.15, 0.2) is 18.3 Å². The highest BCUT2D eigenvalue weighted by Crippen LogP contribution is 2.32. The van der Waals surface area contributed by atoms with Crippen molar-refractivity contribution < 1.29 is 9.53 Å². The number of nitrogens with zero attached hydrogens (tertiary/aromatic N) is 2. The van der Waals surface area contributed by atoms with Crippen molar-refractivity contribution in [2.45, 2.75) is 39.5 Å². The van der Waals surface area contributed by atoms with E-state index in [-0.39, 0.29) is 5.91 Å². The maximum atomic E-state index is 12.9. The Kier molecular flexibility index (Phi) is 4.51. The summed E-state index contributed by atoms with van der Waals surface area (Å²) in [6.45, 7) is 5.38. The van der Waals surface area contributed by atoms with Crippen molar-refractivity contribution in [3.63, 3.8) is 0 Å². The van der Waals surface area contributed by atoms with Gasteiger partial charge in [0, 0.05) is 24.7 Å². The average Bonchev–Trinajstić information content (AvgIpc) is 2.61. The van der Waals surface area contributed by atoms with Gasteiger partial charge < -0.3 is 9.64 Å². The summed E-state index contributed by atoms with van der Waals surface area (Å²) in [5.74, 6) is 0.760. The van der Waals surface area contributed by atoms with Gasteiger partial charge in [-0.2, -0.15) is 0 Å². The van der Waals surface area contributed by atoms with Crippen molar-refractivity contribution in [2.75, 3.05) is 20.2 Å². The molecule has 0 fully saturated rings. The first kappa shape index (κ1) is 15.8. The molecular weight excluding hydrogens is 288 g/mol. The molecule has 0 saturated heterocycles. The third kappa shape index (κ3) is 2.78. The summed E-state index contributed by atoms with van der Waals surface area (Å²) in [6.07, 6.45) is 6.51. The van der Waals surface area contributed by atoms with Crippen LogP contribution in [0.4, 0.5) is 0 Å². The van der Waals surface area contributed by atoms with Crippen LogP contribution in [-0.2, 0) is 12.8 Å². The van der Waals surface area contributed by atoms with E-state index in [0.29, 0.717) is 18.7 Å². The van der Waals surface area contributed by atoms with Crippen LogP contribution in [0.25, 0.3) is 10.9 Å². The molecule has 1 aliphatic carbocycles. The van der Waals surface area contributed by atoms with E-state index in [0.717, 1.165) is 29.5 Å². The summed E-state index contributed by atoms with van der Waals surface area (Å²) in [4.78, 5) is 19.4. The summed E-state index contributed by atoms with van der Waals surface area (Å²) in [6, 6.07) is 3.86. The minimum Gasteiger partial charge on any atom is -0.497 e. The monoisotopic (exact) mass is 312 g/mol. The van der Waals surface area contributed by atoms with Crippen molar-refractivity contribution in [2.24, 2.45) is 0 Å². The molecule has 0 atom stereocenters. The largest absolute Gasteiger partial charge is 0.497 e. The standard InChI is InChI=1S/C19H24N2O2/c1-4-21(5-2)19(22)17-11-14(23-3)10-16-15-9-7-6-8-13(15)12-20-18(16)17/h10-12H,4-9H2,1-3H3. The van der Waals surface area contributed by atoms with Crippen LogP contribution >= 0.6 is 0 Å². The first-order valence-electron chi connectivity index (χ1n) is 8.47. The van der Waals surface area contributed by atoms with Gasteiger partial charge in [-0.05, 0) is 62.8 Å². The molecule has 0 unspecified atom stereocenters. The summed E-state index contributed by atoms with van der Waals surface area (Å²) < 4.78 is 5.45. The molecule has 0 radical (unpaired) electrons. The summed E-state index contributed by atoms with van der Waals surface area (Å²) >= 11 is 0. The normalized spacial score (nSPS) is 13.7. The van der Waals surface area contributed by atoms with E-state index in [4.69, 9.17) is 4.74 Å². The molecular formula is C19H24N2O2. The van der Waals surface area contributed by atoms with Crippen LogP contribution in [0.2, 0.25) is 0 Å². The number of rotatable bonds is 4. The molecule has 1 aliphatic rings. The van der Waals surface area contributed by atoms with Gasteiger partial charge in [-0.3, -0.25) is 9.78 Å². The number of carbonyl (C=O) groups excluding carboxylic acids is 1. The van der Waals surface area contributed by atoms with Gasteiger partial charge in [0.1, 0.15) is 5.75 Å². The Morgan fingerprint density at radius 1 is 1.22 bits per heavy atom. The first-order valence-corrected chi connectivity index (χ1v) is 8.47. The zero-order valence-electron chi connectivity index (χ0n) is 14.2. The number of aromatic nitrogens is 1. The highest BCUT2D eigenvalue weighted by atomic mass is 16.5. The lowest BCUT2D eigenvalue weighted by atomic mass is 9.89. The van der Waals surface area contributed by atoms with Gasteiger partial charge in [-0.1, -0.05) is 0 Å². The third-order valence-electron chi connectivity index (χ3n) is 4.79. The Hall–Kier alpha value is -2.10. The van der Waals surface area contributed by atoms with Crippen LogP contribution < -0.4 is 4.74 Å². The number of hydrogen-bond acceptors (Lipinski definition) is 3. The first-order chi connectivity index (χ1) is 11.2. The van der Waals surface area contributed by atoms with Crippen LogP contribution in [0.3, 0.4) is 0 Å².